The van der Waals surface area contributed by atoms with Gasteiger partial charge in [-0.3, -0.25) is 14.4 Å². The fraction of sp³-hybridized carbons (Fsp3) is 0.525. The van der Waals surface area contributed by atoms with Crippen LogP contribution in [0.2, 0.25) is 0 Å². The highest BCUT2D eigenvalue weighted by atomic mass is 32.1. The van der Waals surface area contributed by atoms with Crippen LogP contribution in [-0.2, 0) is 26.2 Å². The molecular weight excluding hydrogens is 649 g/mol. The molecule has 9 nitrogen and oxygen atoms in total. The van der Waals surface area contributed by atoms with Crippen LogP contribution in [0, 0.1) is 17.8 Å². The van der Waals surface area contributed by atoms with E-state index in [2.05, 4.69) is 39.1 Å². The number of aliphatic carboxylic acids is 1. The second kappa shape index (κ2) is 15.6. The number of carbonyl (C=O) groups excluding carboxylic acids is 2. The molecule has 2 atom stereocenters. The molecule has 266 valence electrons. The van der Waals surface area contributed by atoms with E-state index in [1.165, 1.54) is 53.9 Å². The van der Waals surface area contributed by atoms with Gasteiger partial charge in [0.05, 0.1) is 16.9 Å². The number of benzene rings is 1. The first kappa shape index (κ1) is 35.9. The Kier molecular flexibility index (Phi) is 11.2. The van der Waals surface area contributed by atoms with E-state index in [9.17, 15) is 19.5 Å². The van der Waals surface area contributed by atoms with Gasteiger partial charge >= 0.3 is 5.97 Å². The molecule has 6 rings (SSSR count). The summed E-state index contributed by atoms with van der Waals surface area (Å²) in [7, 11) is 0. The van der Waals surface area contributed by atoms with Crippen molar-refractivity contribution in [1.82, 2.24) is 20.2 Å². The zero-order chi connectivity index (χ0) is 35.4. The van der Waals surface area contributed by atoms with E-state index in [1.54, 1.807) is 6.07 Å². The summed E-state index contributed by atoms with van der Waals surface area (Å²) in [5, 5.41) is 12.3. The van der Waals surface area contributed by atoms with Crippen molar-refractivity contribution in [2.24, 2.45) is 17.8 Å². The topological polar surface area (TPSA) is 122 Å². The molecule has 3 heterocycles. The monoisotopic (exact) mass is 698 g/mol. The number of thiophene rings is 1. The number of nitrogens with zero attached hydrogens (tertiary/aromatic N) is 3. The molecule has 2 amide bonds. The van der Waals surface area contributed by atoms with Crippen LogP contribution >= 0.6 is 11.3 Å². The first-order chi connectivity index (χ1) is 24.0. The lowest BCUT2D eigenvalue weighted by molar-refractivity contribution is -0.153. The summed E-state index contributed by atoms with van der Waals surface area (Å²) in [4.78, 5) is 50.7. The van der Waals surface area contributed by atoms with E-state index >= 15 is 0 Å². The van der Waals surface area contributed by atoms with Gasteiger partial charge in [-0.05, 0) is 92.4 Å². The molecule has 50 heavy (non-hydrogen) atoms. The van der Waals surface area contributed by atoms with Gasteiger partial charge in [0.1, 0.15) is 6.04 Å². The van der Waals surface area contributed by atoms with Gasteiger partial charge < -0.3 is 20.1 Å². The van der Waals surface area contributed by atoms with Crippen molar-refractivity contribution in [2.45, 2.75) is 96.6 Å². The molecule has 0 radical (unpaired) electrons. The highest BCUT2D eigenvalue weighted by Crippen LogP contribution is 2.40. The van der Waals surface area contributed by atoms with Crippen LogP contribution in [0.3, 0.4) is 0 Å². The van der Waals surface area contributed by atoms with Gasteiger partial charge in [-0.15, -0.1) is 11.3 Å². The fourth-order valence-electron chi connectivity index (χ4n) is 7.50. The minimum Gasteiger partial charge on any atom is -0.481 e. The predicted octanol–water partition coefficient (Wildman–Crippen LogP) is 7.17. The van der Waals surface area contributed by atoms with Crippen LogP contribution in [0.4, 0.5) is 0 Å². The molecule has 1 unspecified atom stereocenters. The van der Waals surface area contributed by atoms with Crippen LogP contribution in [0.1, 0.15) is 98.3 Å². The molecule has 1 aliphatic heterocycles. The lowest BCUT2D eigenvalue weighted by Crippen LogP contribution is -2.59. The normalized spacial score (nSPS) is 22.0. The number of carbonyl (C=O) groups is 3. The van der Waals surface area contributed by atoms with Crippen molar-refractivity contribution < 1.29 is 24.2 Å². The molecule has 2 aliphatic carbocycles. The van der Waals surface area contributed by atoms with Gasteiger partial charge in [0.15, 0.2) is 5.82 Å². The maximum atomic E-state index is 13.5. The zero-order valence-corrected chi connectivity index (χ0v) is 30.5. The van der Waals surface area contributed by atoms with Gasteiger partial charge in [0, 0.05) is 54.5 Å². The number of hydrogen-bond donors (Lipinski definition) is 2. The Morgan fingerprint density at radius 2 is 1.66 bits per heavy atom. The molecule has 1 aromatic carbocycles. The van der Waals surface area contributed by atoms with Gasteiger partial charge in [-0.25, -0.2) is 9.97 Å². The first-order valence-electron chi connectivity index (χ1n) is 18.1. The van der Waals surface area contributed by atoms with Crippen LogP contribution in [0.25, 0.3) is 17.0 Å². The van der Waals surface area contributed by atoms with Gasteiger partial charge in [0.25, 0.3) is 5.91 Å². The molecular formula is C40H50N4O5S. The molecule has 0 bridgehead atoms. The number of hydrogen-bond acceptors (Lipinski definition) is 7. The first-order valence-corrected chi connectivity index (χ1v) is 18.9. The Balaban J connectivity index is 1.08. The summed E-state index contributed by atoms with van der Waals surface area (Å²) >= 11 is 1.42. The SMILES string of the molecule is CCO[C@H]1CC[C@@H](C2CC=C(c3cnc(-c4ccc(C[C@H](NC(=O)c5ccc(C(C)(C)C)s5)C(=O)N5CC(C(=O)O)C5)cc4)nc3)CC2)CC1. The molecule has 2 fully saturated rings. The number of nitrogens with one attached hydrogen (secondary N) is 1. The molecule has 2 aromatic heterocycles. The summed E-state index contributed by atoms with van der Waals surface area (Å²) in [6.45, 7) is 9.48. The van der Waals surface area contributed by atoms with E-state index in [0.717, 1.165) is 52.9 Å². The molecule has 3 aromatic rings. The second-order valence-electron chi connectivity index (χ2n) is 15.2. The van der Waals surface area contributed by atoms with Crippen LogP contribution in [0.15, 0.2) is 54.9 Å². The number of carboxylic acids is 1. The third kappa shape index (κ3) is 8.52. The number of aromatic nitrogens is 2. The Bertz CT molecular complexity index is 1680. The maximum absolute atomic E-state index is 13.5. The third-order valence-electron chi connectivity index (χ3n) is 10.6. The van der Waals surface area contributed by atoms with Crippen LogP contribution in [0.5, 0.6) is 0 Å². The van der Waals surface area contributed by atoms with Crippen molar-refractivity contribution in [3.05, 3.63) is 75.7 Å². The lowest BCUT2D eigenvalue weighted by Gasteiger charge is -2.38. The van der Waals surface area contributed by atoms with Crippen molar-refractivity contribution in [3.63, 3.8) is 0 Å². The minimum absolute atomic E-state index is 0.0894. The summed E-state index contributed by atoms with van der Waals surface area (Å²) in [5.41, 5.74) is 4.06. The molecule has 0 spiro atoms. The Morgan fingerprint density at radius 3 is 2.24 bits per heavy atom. The quantitative estimate of drug-likeness (QED) is 0.218. The van der Waals surface area contributed by atoms with Gasteiger partial charge in [-0.2, -0.15) is 0 Å². The smallest absolute Gasteiger partial charge is 0.310 e. The number of rotatable bonds is 11. The maximum Gasteiger partial charge on any atom is 0.310 e. The van der Waals surface area contributed by atoms with Crippen LogP contribution < -0.4 is 5.32 Å². The van der Waals surface area contributed by atoms with Crippen molar-refractivity contribution in [2.75, 3.05) is 19.7 Å². The number of likely N-dealkylation sites (tertiary alicyclic amines) is 1. The lowest BCUT2D eigenvalue weighted by atomic mass is 9.73. The van der Waals surface area contributed by atoms with E-state index in [-0.39, 0.29) is 36.7 Å². The summed E-state index contributed by atoms with van der Waals surface area (Å²) in [6.07, 6.45) is 15.3. The van der Waals surface area contributed by atoms with Crippen molar-refractivity contribution in [1.29, 1.82) is 0 Å². The van der Waals surface area contributed by atoms with E-state index in [0.29, 0.717) is 16.8 Å². The Labute approximate surface area is 299 Å². The number of carboxylic acid groups (broad SMARTS) is 1. The third-order valence-corrected chi connectivity index (χ3v) is 12.1. The zero-order valence-electron chi connectivity index (χ0n) is 29.7. The molecule has 3 aliphatic rings. The molecule has 1 saturated heterocycles. The Hall–Kier alpha value is -3.89. The molecule has 2 N–H and O–H groups in total. The molecule has 10 heteroatoms. The van der Waals surface area contributed by atoms with Crippen molar-refractivity contribution >= 4 is 34.7 Å². The Morgan fingerprint density at radius 1 is 0.960 bits per heavy atom. The predicted molar refractivity (Wildman–Crippen MR) is 196 cm³/mol. The highest BCUT2D eigenvalue weighted by molar-refractivity contribution is 7.14. The summed E-state index contributed by atoms with van der Waals surface area (Å²) in [5.74, 6) is 0.126. The number of ether oxygens (including phenoxy) is 1. The van der Waals surface area contributed by atoms with E-state index < -0.39 is 17.9 Å². The highest BCUT2D eigenvalue weighted by Gasteiger charge is 2.39. The standard InChI is InChI=1S/C40H50N4O5S/c1-5-49-32-16-14-27(15-17-32)26-10-12-28(13-11-26)30-21-41-36(42-22-30)29-8-6-25(7-9-29)20-33(38(46)44-23-31(24-44)39(47)48)43-37(45)34-18-19-35(50-34)40(2,3)4/h6-9,12,18-19,21-22,26-27,31-33H,5,10-11,13-17,20,23-24H2,1-4H3,(H,43,45)(H,47,48)/t26?,27-,32+,33-/m0/s1. The fourth-order valence-corrected chi connectivity index (χ4v) is 8.47. The largest absolute Gasteiger partial charge is 0.481 e. The van der Waals surface area contributed by atoms with Gasteiger partial charge in [-0.1, -0.05) is 51.1 Å². The summed E-state index contributed by atoms with van der Waals surface area (Å²) < 4.78 is 5.85. The van der Waals surface area contributed by atoms with Gasteiger partial charge in [0.2, 0.25) is 5.91 Å². The van der Waals surface area contributed by atoms with E-state index in [4.69, 9.17) is 14.7 Å². The van der Waals surface area contributed by atoms with Crippen molar-refractivity contribution in [3.8, 4) is 11.4 Å². The van der Waals surface area contributed by atoms with E-state index in [1.807, 2.05) is 42.7 Å². The minimum atomic E-state index is -0.913. The number of amides is 2. The summed E-state index contributed by atoms with van der Waals surface area (Å²) in [6, 6.07) is 10.7. The average Bonchev–Trinajstić information content (AvgIpc) is 3.60. The molecule has 1 saturated carbocycles. The average molecular weight is 699 g/mol. The number of allylic oxidation sites excluding steroid dienone is 2. The van der Waals surface area contributed by atoms with Crippen LogP contribution in [-0.4, -0.2) is 69.6 Å². The second-order valence-corrected chi connectivity index (χ2v) is 16.3.